The smallest absolute Gasteiger partial charge is 0.191 e. The van der Waals surface area contributed by atoms with Crippen molar-refractivity contribution in [2.45, 2.75) is 5.16 Å². The van der Waals surface area contributed by atoms with Gasteiger partial charge in [0.2, 0.25) is 0 Å². The van der Waals surface area contributed by atoms with Gasteiger partial charge >= 0.3 is 0 Å². The molecule has 0 atom stereocenters. The van der Waals surface area contributed by atoms with E-state index in [1.807, 2.05) is 35.9 Å². The largest absolute Gasteiger partial charge is 0.304 e. The van der Waals surface area contributed by atoms with Crippen molar-refractivity contribution in [1.82, 2.24) is 14.8 Å². The molecule has 3 nitrogen and oxygen atoms in total. The summed E-state index contributed by atoms with van der Waals surface area (Å²) >= 11 is 3.37. The Bertz CT molecular complexity index is 715. The van der Waals surface area contributed by atoms with Crippen LogP contribution in [0, 0.1) is 0 Å². The molecule has 0 N–H and O–H groups in total. The van der Waals surface area contributed by atoms with Gasteiger partial charge in [0.15, 0.2) is 11.0 Å². The summed E-state index contributed by atoms with van der Waals surface area (Å²) in [5, 5.41) is 11.5. The monoisotopic (exact) mass is 313 g/mol. The van der Waals surface area contributed by atoms with Gasteiger partial charge in [0, 0.05) is 12.8 Å². The van der Waals surface area contributed by atoms with Gasteiger partial charge in [-0.2, -0.15) is 0 Å². The molecule has 0 aliphatic rings. The first kappa shape index (κ1) is 14.1. The standard InChI is InChI=1S/C16H15N3S2/c1-19-15(14-10-6-11-20-14)17-18-16(19)21-12-5-9-13-7-3-2-4-8-13/h2-11H,12H2,1H3/b9-5-. The van der Waals surface area contributed by atoms with Crippen molar-refractivity contribution >= 4 is 29.2 Å². The van der Waals surface area contributed by atoms with E-state index in [2.05, 4.69) is 45.9 Å². The Morgan fingerprint density at radius 2 is 2.00 bits per heavy atom. The van der Waals surface area contributed by atoms with E-state index in [1.165, 1.54) is 5.56 Å². The maximum absolute atomic E-state index is 4.27. The summed E-state index contributed by atoms with van der Waals surface area (Å²) in [5.41, 5.74) is 1.22. The molecule has 1 aromatic carbocycles. The van der Waals surface area contributed by atoms with Crippen LogP contribution in [0.5, 0.6) is 0 Å². The van der Waals surface area contributed by atoms with Gasteiger partial charge < -0.3 is 4.57 Å². The number of rotatable bonds is 5. The summed E-state index contributed by atoms with van der Waals surface area (Å²) < 4.78 is 2.05. The highest BCUT2D eigenvalue weighted by molar-refractivity contribution is 7.99. The van der Waals surface area contributed by atoms with Crippen molar-refractivity contribution in [3.05, 3.63) is 59.5 Å². The van der Waals surface area contributed by atoms with Gasteiger partial charge in [-0.3, -0.25) is 0 Å². The SMILES string of the molecule is Cn1c(SC/C=C\c2ccccc2)nnc1-c1cccs1. The molecular weight excluding hydrogens is 298 g/mol. The van der Waals surface area contributed by atoms with E-state index in [0.29, 0.717) is 0 Å². The van der Waals surface area contributed by atoms with Gasteiger partial charge in [0.1, 0.15) is 0 Å². The lowest BCUT2D eigenvalue weighted by Crippen LogP contribution is -1.93. The summed E-state index contributed by atoms with van der Waals surface area (Å²) in [4.78, 5) is 1.15. The van der Waals surface area contributed by atoms with Crippen LogP contribution in [0.4, 0.5) is 0 Å². The van der Waals surface area contributed by atoms with Crippen molar-refractivity contribution in [1.29, 1.82) is 0 Å². The Balaban J connectivity index is 1.63. The molecule has 5 heteroatoms. The average Bonchev–Trinajstić information content (AvgIpc) is 3.15. The highest BCUT2D eigenvalue weighted by Gasteiger charge is 2.10. The topological polar surface area (TPSA) is 30.7 Å². The summed E-state index contributed by atoms with van der Waals surface area (Å²) in [6.07, 6.45) is 4.28. The fourth-order valence-electron chi connectivity index (χ4n) is 1.93. The van der Waals surface area contributed by atoms with Crippen molar-refractivity contribution in [2.75, 3.05) is 5.75 Å². The molecular formula is C16H15N3S2. The van der Waals surface area contributed by atoms with Gasteiger partial charge in [-0.1, -0.05) is 60.3 Å². The summed E-state index contributed by atoms with van der Waals surface area (Å²) in [6.45, 7) is 0. The van der Waals surface area contributed by atoms with Crippen LogP contribution in [0.1, 0.15) is 5.56 Å². The minimum absolute atomic E-state index is 0.880. The number of thioether (sulfide) groups is 1. The first-order valence-electron chi connectivity index (χ1n) is 6.62. The van der Waals surface area contributed by atoms with Crippen LogP contribution in [-0.2, 0) is 7.05 Å². The first-order chi connectivity index (χ1) is 10.3. The molecule has 106 valence electrons. The quantitative estimate of drug-likeness (QED) is 0.656. The molecule has 2 aromatic heterocycles. The minimum atomic E-state index is 0.880. The maximum atomic E-state index is 4.27. The molecule has 3 aromatic rings. The van der Waals surface area contributed by atoms with Crippen molar-refractivity contribution in [2.24, 2.45) is 7.05 Å². The van der Waals surface area contributed by atoms with E-state index >= 15 is 0 Å². The summed E-state index contributed by atoms with van der Waals surface area (Å²) in [6, 6.07) is 14.4. The number of hydrogen-bond donors (Lipinski definition) is 0. The van der Waals surface area contributed by atoms with Gasteiger partial charge in [-0.25, -0.2) is 0 Å². The second-order valence-electron chi connectivity index (χ2n) is 4.47. The zero-order valence-electron chi connectivity index (χ0n) is 11.6. The molecule has 0 radical (unpaired) electrons. The average molecular weight is 313 g/mol. The van der Waals surface area contributed by atoms with Crippen LogP contribution >= 0.6 is 23.1 Å². The summed E-state index contributed by atoms with van der Waals surface area (Å²) in [5.74, 6) is 1.81. The van der Waals surface area contributed by atoms with E-state index in [-0.39, 0.29) is 0 Å². The Kier molecular flexibility index (Phi) is 4.52. The fraction of sp³-hybridized carbons (Fsp3) is 0.125. The number of benzene rings is 1. The number of nitrogens with zero attached hydrogens (tertiary/aromatic N) is 3. The lowest BCUT2D eigenvalue weighted by Gasteiger charge is -2.00. The Hall–Kier alpha value is -1.85. The molecule has 3 rings (SSSR count). The molecule has 0 amide bonds. The van der Waals surface area contributed by atoms with E-state index in [4.69, 9.17) is 0 Å². The second kappa shape index (κ2) is 6.74. The van der Waals surface area contributed by atoms with Crippen LogP contribution in [0.25, 0.3) is 16.8 Å². The Morgan fingerprint density at radius 3 is 2.76 bits per heavy atom. The van der Waals surface area contributed by atoms with Crippen LogP contribution < -0.4 is 0 Å². The van der Waals surface area contributed by atoms with E-state index in [1.54, 1.807) is 23.1 Å². The lowest BCUT2D eigenvalue weighted by atomic mass is 10.2. The van der Waals surface area contributed by atoms with E-state index in [9.17, 15) is 0 Å². The highest BCUT2D eigenvalue weighted by atomic mass is 32.2. The van der Waals surface area contributed by atoms with Crippen molar-refractivity contribution in [3.8, 4) is 10.7 Å². The second-order valence-corrected chi connectivity index (χ2v) is 6.40. The molecule has 21 heavy (non-hydrogen) atoms. The van der Waals surface area contributed by atoms with E-state index < -0.39 is 0 Å². The predicted octanol–water partition coefficient (Wildman–Crippen LogP) is 4.35. The molecule has 0 unspecified atom stereocenters. The van der Waals surface area contributed by atoms with Crippen LogP contribution in [0.15, 0.2) is 59.1 Å². The molecule has 0 spiro atoms. The molecule has 0 saturated carbocycles. The van der Waals surface area contributed by atoms with Crippen LogP contribution in [-0.4, -0.2) is 20.5 Å². The molecule has 0 fully saturated rings. The lowest BCUT2D eigenvalue weighted by molar-refractivity contribution is 0.796. The third-order valence-electron chi connectivity index (χ3n) is 2.99. The van der Waals surface area contributed by atoms with Gasteiger partial charge in [0.25, 0.3) is 0 Å². The molecule has 0 aliphatic carbocycles. The zero-order chi connectivity index (χ0) is 14.5. The molecule has 0 bridgehead atoms. The zero-order valence-corrected chi connectivity index (χ0v) is 13.3. The first-order valence-corrected chi connectivity index (χ1v) is 8.49. The number of thiophene rings is 1. The minimum Gasteiger partial charge on any atom is -0.304 e. The molecule has 0 aliphatic heterocycles. The highest BCUT2D eigenvalue weighted by Crippen LogP contribution is 2.26. The van der Waals surface area contributed by atoms with Gasteiger partial charge in [-0.15, -0.1) is 21.5 Å². The maximum Gasteiger partial charge on any atom is 0.191 e. The van der Waals surface area contributed by atoms with Crippen molar-refractivity contribution in [3.63, 3.8) is 0 Å². The number of hydrogen-bond acceptors (Lipinski definition) is 4. The summed E-state index contributed by atoms with van der Waals surface area (Å²) in [7, 11) is 2.01. The van der Waals surface area contributed by atoms with Gasteiger partial charge in [0.05, 0.1) is 4.88 Å². The molecule has 0 saturated heterocycles. The van der Waals surface area contributed by atoms with Crippen molar-refractivity contribution < 1.29 is 0 Å². The molecule has 2 heterocycles. The predicted molar refractivity (Wildman–Crippen MR) is 90.5 cm³/mol. The van der Waals surface area contributed by atoms with Crippen LogP contribution in [0.3, 0.4) is 0 Å². The van der Waals surface area contributed by atoms with Gasteiger partial charge in [-0.05, 0) is 17.0 Å². The Labute approximate surface area is 132 Å². The third kappa shape index (κ3) is 3.43. The fourth-order valence-corrected chi connectivity index (χ4v) is 3.40. The van der Waals surface area contributed by atoms with E-state index in [0.717, 1.165) is 21.6 Å². The number of aromatic nitrogens is 3. The third-order valence-corrected chi connectivity index (χ3v) is 4.83. The van der Waals surface area contributed by atoms with Crippen LogP contribution in [0.2, 0.25) is 0 Å². The normalized spacial score (nSPS) is 11.3. The Morgan fingerprint density at radius 1 is 1.14 bits per heavy atom.